The molecule has 33 heavy (non-hydrogen) atoms. The highest BCUT2D eigenvalue weighted by Gasteiger charge is 2.23. The van der Waals surface area contributed by atoms with E-state index in [1.807, 2.05) is 48.5 Å². The van der Waals surface area contributed by atoms with Crippen LogP contribution in [0, 0.1) is 0 Å². The van der Waals surface area contributed by atoms with Crippen molar-refractivity contribution in [2.75, 3.05) is 13.2 Å². The number of allylic oxidation sites excluding steroid dienone is 2. The van der Waals surface area contributed by atoms with Gasteiger partial charge in [0.25, 0.3) is 0 Å². The molecule has 0 saturated heterocycles. The van der Waals surface area contributed by atoms with E-state index in [0.717, 1.165) is 11.1 Å². The molecule has 0 fully saturated rings. The van der Waals surface area contributed by atoms with Crippen LogP contribution in [0.1, 0.15) is 37.8 Å². The zero-order valence-corrected chi connectivity index (χ0v) is 19.2. The number of benzene rings is 2. The minimum atomic E-state index is -0.879. The Hall–Kier alpha value is -3.22. The standard InChI is InChI=1S/C27H32O6/c1-5-21(28)15-23(30)17-32-25-11-7-19(8-12-25)27(3,4)20-9-13-26(14-10-20)33-18-24(31)16-22(29)6-2/h5-14,23-24,30-31H,1-2,15-18H2,3-4H3. The summed E-state index contributed by atoms with van der Waals surface area (Å²) in [7, 11) is 0. The fourth-order valence-electron chi connectivity index (χ4n) is 3.24. The number of rotatable bonds is 14. The molecule has 0 aromatic heterocycles. The van der Waals surface area contributed by atoms with Crippen LogP contribution >= 0.6 is 0 Å². The van der Waals surface area contributed by atoms with Crippen LogP contribution in [-0.4, -0.2) is 47.2 Å². The van der Waals surface area contributed by atoms with Crippen LogP contribution in [0.15, 0.2) is 73.8 Å². The summed E-state index contributed by atoms with van der Waals surface area (Å²) in [5.74, 6) is 0.769. The fraction of sp³-hybridized carbons (Fsp3) is 0.333. The van der Waals surface area contributed by atoms with E-state index in [0.29, 0.717) is 11.5 Å². The van der Waals surface area contributed by atoms with Crippen LogP contribution in [0.25, 0.3) is 0 Å². The molecule has 2 aromatic rings. The highest BCUT2D eigenvalue weighted by Crippen LogP contribution is 2.33. The lowest BCUT2D eigenvalue weighted by Crippen LogP contribution is -2.21. The molecular formula is C27H32O6. The predicted octanol–water partition coefficient (Wildman–Crippen LogP) is 3.78. The first-order valence-electron chi connectivity index (χ1n) is 10.8. The van der Waals surface area contributed by atoms with Crippen LogP contribution < -0.4 is 9.47 Å². The van der Waals surface area contributed by atoms with E-state index in [1.165, 1.54) is 12.2 Å². The molecule has 0 heterocycles. The van der Waals surface area contributed by atoms with Gasteiger partial charge in [-0.1, -0.05) is 51.3 Å². The van der Waals surface area contributed by atoms with Gasteiger partial charge in [0.1, 0.15) is 24.7 Å². The largest absolute Gasteiger partial charge is 0.491 e. The van der Waals surface area contributed by atoms with Gasteiger partial charge in [0.2, 0.25) is 0 Å². The number of hydrogen-bond donors (Lipinski definition) is 2. The van der Waals surface area contributed by atoms with Gasteiger partial charge in [0.15, 0.2) is 11.6 Å². The molecule has 0 aliphatic heterocycles. The summed E-state index contributed by atoms with van der Waals surface area (Å²) in [6, 6.07) is 15.2. The maximum Gasteiger partial charge on any atom is 0.157 e. The van der Waals surface area contributed by atoms with Crippen molar-refractivity contribution in [2.45, 2.75) is 44.3 Å². The lowest BCUT2D eigenvalue weighted by Gasteiger charge is -2.26. The zero-order valence-electron chi connectivity index (χ0n) is 19.2. The Labute approximate surface area is 195 Å². The minimum Gasteiger partial charge on any atom is -0.491 e. The van der Waals surface area contributed by atoms with Gasteiger partial charge in [-0.2, -0.15) is 0 Å². The number of carbonyl (C=O) groups excluding carboxylic acids is 2. The van der Waals surface area contributed by atoms with Gasteiger partial charge in [-0.15, -0.1) is 0 Å². The normalized spacial score (nSPS) is 13.0. The Kier molecular flexibility index (Phi) is 9.57. The zero-order chi connectivity index (χ0) is 24.4. The molecule has 2 aromatic carbocycles. The number of aliphatic hydroxyl groups excluding tert-OH is 2. The van der Waals surface area contributed by atoms with Crippen molar-refractivity contribution < 1.29 is 29.3 Å². The molecule has 0 radical (unpaired) electrons. The number of aliphatic hydroxyl groups is 2. The number of carbonyl (C=O) groups is 2. The average Bonchev–Trinajstić information content (AvgIpc) is 2.81. The first-order chi connectivity index (χ1) is 15.6. The van der Waals surface area contributed by atoms with Crippen LogP contribution in [0.5, 0.6) is 11.5 Å². The Bertz CT molecular complexity index is 866. The second-order valence-corrected chi connectivity index (χ2v) is 8.35. The highest BCUT2D eigenvalue weighted by atomic mass is 16.5. The van der Waals surface area contributed by atoms with Gasteiger partial charge < -0.3 is 19.7 Å². The molecule has 0 amide bonds. The number of ether oxygens (including phenoxy) is 2. The summed E-state index contributed by atoms with van der Waals surface area (Å²) in [5, 5.41) is 19.7. The molecule has 0 aliphatic rings. The van der Waals surface area contributed by atoms with E-state index in [4.69, 9.17) is 9.47 Å². The molecule has 6 nitrogen and oxygen atoms in total. The van der Waals surface area contributed by atoms with Gasteiger partial charge >= 0.3 is 0 Å². The van der Waals surface area contributed by atoms with Gasteiger partial charge in [0, 0.05) is 18.3 Å². The molecule has 2 unspecified atom stereocenters. The highest BCUT2D eigenvalue weighted by molar-refractivity contribution is 5.89. The van der Waals surface area contributed by atoms with Crippen molar-refractivity contribution in [3.63, 3.8) is 0 Å². The van der Waals surface area contributed by atoms with E-state index in [2.05, 4.69) is 27.0 Å². The van der Waals surface area contributed by atoms with Gasteiger partial charge in [-0.05, 0) is 47.5 Å². The molecule has 0 aliphatic carbocycles. The second-order valence-electron chi connectivity index (χ2n) is 8.35. The fourth-order valence-corrected chi connectivity index (χ4v) is 3.24. The topological polar surface area (TPSA) is 93.1 Å². The average molecular weight is 453 g/mol. The molecule has 0 bridgehead atoms. The Morgan fingerprint density at radius 3 is 1.42 bits per heavy atom. The predicted molar refractivity (Wildman–Crippen MR) is 128 cm³/mol. The van der Waals surface area contributed by atoms with Gasteiger partial charge in [-0.25, -0.2) is 0 Å². The third-order valence-electron chi connectivity index (χ3n) is 5.37. The summed E-state index contributed by atoms with van der Waals surface area (Å²) in [4.78, 5) is 22.6. The molecule has 2 rings (SSSR count). The number of ketones is 2. The number of hydrogen-bond acceptors (Lipinski definition) is 6. The Balaban J connectivity index is 1.95. The summed E-state index contributed by atoms with van der Waals surface area (Å²) < 4.78 is 11.2. The van der Waals surface area contributed by atoms with E-state index in [-0.39, 0.29) is 43.0 Å². The van der Waals surface area contributed by atoms with E-state index in [9.17, 15) is 19.8 Å². The molecule has 176 valence electrons. The molecular weight excluding hydrogens is 420 g/mol. The third kappa shape index (κ3) is 8.00. The van der Waals surface area contributed by atoms with E-state index >= 15 is 0 Å². The molecule has 2 atom stereocenters. The van der Waals surface area contributed by atoms with Crippen LogP contribution in [0.2, 0.25) is 0 Å². The first kappa shape index (κ1) is 26.0. The van der Waals surface area contributed by atoms with Crippen LogP contribution in [-0.2, 0) is 15.0 Å². The molecule has 2 N–H and O–H groups in total. The van der Waals surface area contributed by atoms with Crippen molar-refractivity contribution in [3.8, 4) is 11.5 Å². The quantitative estimate of drug-likeness (QED) is 0.424. The van der Waals surface area contributed by atoms with Crippen molar-refractivity contribution in [1.82, 2.24) is 0 Å². The van der Waals surface area contributed by atoms with Gasteiger partial charge in [-0.3, -0.25) is 9.59 Å². The first-order valence-corrected chi connectivity index (χ1v) is 10.8. The summed E-state index contributed by atoms with van der Waals surface area (Å²) in [5.41, 5.74) is 1.86. The van der Waals surface area contributed by atoms with E-state index < -0.39 is 12.2 Å². The van der Waals surface area contributed by atoms with Gasteiger partial charge in [0.05, 0.1) is 12.2 Å². The van der Waals surface area contributed by atoms with Crippen molar-refractivity contribution in [2.24, 2.45) is 0 Å². The summed E-state index contributed by atoms with van der Waals surface area (Å²) in [6.45, 7) is 11.0. The smallest absolute Gasteiger partial charge is 0.157 e. The molecule has 6 heteroatoms. The SMILES string of the molecule is C=CC(=O)CC(O)COc1ccc(C(C)(C)c2ccc(OCC(O)CC(=O)C=C)cc2)cc1. The molecule has 0 saturated carbocycles. The summed E-state index contributed by atoms with van der Waals surface area (Å²) >= 11 is 0. The molecule has 0 spiro atoms. The van der Waals surface area contributed by atoms with Crippen molar-refractivity contribution >= 4 is 11.6 Å². The lowest BCUT2D eigenvalue weighted by molar-refractivity contribution is -0.117. The van der Waals surface area contributed by atoms with Crippen molar-refractivity contribution in [3.05, 3.63) is 85.0 Å². The van der Waals surface area contributed by atoms with Crippen LogP contribution in [0.3, 0.4) is 0 Å². The summed E-state index contributed by atoms with van der Waals surface area (Å²) in [6.07, 6.45) is 0.593. The maximum atomic E-state index is 11.3. The van der Waals surface area contributed by atoms with Crippen molar-refractivity contribution in [1.29, 1.82) is 0 Å². The van der Waals surface area contributed by atoms with E-state index in [1.54, 1.807) is 0 Å². The maximum absolute atomic E-state index is 11.3. The Morgan fingerprint density at radius 1 is 0.788 bits per heavy atom. The lowest BCUT2D eigenvalue weighted by atomic mass is 9.78. The minimum absolute atomic E-state index is 0.0137. The second kappa shape index (κ2) is 12.1. The van der Waals surface area contributed by atoms with Crippen LogP contribution in [0.4, 0.5) is 0 Å². The third-order valence-corrected chi connectivity index (χ3v) is 5.37. The Morgan fingerprint density at radius 2 is 1.12 bits per heavy atom. The monoisotopic (exact) mass is 452 g/mol.